The lowest BCUT2D eigenvalue weighted by atomic mass is 9.89. The van der Waals surface area contributed by atoms with Crippen LogP contribution >= 0.6 is 0 Å². The van der Waals surface area contributed by atoms with Gasteiger partial charge in [0.2, 0.25) is 5.88 Å². The Balaban J connectivity index is 1.96. The smallest absolute Gasteiger partial charge is 0.225 e. The average Bonchev–Trinajstić information content (AvgIpc) is 2.47. The molecule has 2 aromatic rings. The predicted octanol–water partition coefficient (Wildman–Crippen LogP) is 3.13. The molecule has 1 aliphatic rings. The number of aryl methyl sites for hydroxylation is 2. The maximum absolute atomic E-state index is 7.74. The highest BCUT2D eigenvalue weighted by molar-refractivity contribution is 5.98. The number of amidine groups is 1. The number of hydrogen-bond acceptors (Lipinski definition) is 3. The summed E-state index contributed by atoms with van der Waals surface area (Å²) in [7, 11) is 0. The third-order valence-corrected chi connectivity index (χ3v) is 3.96. The summed E-state index contributed by atoms with van der Waals surface area (Å²) in [6, 6.07) is 10.2. The fraction of sp³-hybridized carbons (Fsp3) is 0.294. The summed E-state index contributed by atoms with van der Waals surface area (Å²) in [6.45, 7) is 1.92. The van der Waals surface area contributed by atoms with Crippen LogP contribution in [0.25, 0.3) is 0 Å². The van der Waals surface area contributed by atoms with Crippen LogP contribution in [0.3, 0.4) is 0 Å². The number of pyridine rings is 1. The lowest BCUT2D eigenvalue weighted by Gasteiger charge is -2.26. The van der Waals surface area contributed by atoms with Gasteiger partial charge in [-0.2, -0.15) is 0 Å². The van der Waals surface area contributed by atoms with E-state index in [2.05, 4.69) is 23.2 Å². The second-order valence-corrected chi connectivity index (χ2v) is 5.42. The van der Waals surface area contributed by atoms with E-state index >= 15 is 0 Å². The standard InChI is InChI=1S/C17H19N3O/c1-11-9-10-20-17(15(11)16(18)19)21-14-8-4-6-12-5-2-3-7-13(12)14/h2-3,5,7,9-10,14H,4,6,8H2,1H3,(H3,18,19). The number of rotatable bonds is 3. The molecule has 3 N–H and O–H groups in total. The number of fused-ring (bicyclic) bond motifs is 1. The van der Waals surface area contributed by atoms with Crippen LogP contribution in [0.4, 0.5) is 0 Å². The van der Waals surface area contributed by atoms with E-state index in [-0.39, 0.29) is 11.9 Å². The maximum Gasteiger partial charge on any atom is 0.225 e. The molecule has 3 rings (SSSR count). The molecule has 1 aromatic heterocycles. The summed E-state index contributed by atoms with van der Waals surface area (Å²) in [6.07, 6.45) is 4.84. The normalized spacial score (nSPS) is 17.1. The molecule has 0 saturated heterocycles. The zero-order valence-corrected chi connectivity index (χ0v) is 12.1. The van der Waals surface area contributed by atoms with Crippen molar-refractivity contribution in [3.63, 3.8) is 0 Å². The van der Waals surface area contributed by atoms with Gasteiger partial charge in [-0.25, -0.2) is 4.98 Å². The van der Waals surface area contributed by atoms with Gasteiger partial charge in [0.1, 0.15) is 11.9 Å². The van der Waals surface area contributed by atoms with E-state index in [1.165, 1.54) is 11.1 Å². The first-order valence-electron chi connectivity index (χ1n) is 7.21. The number of nitrogens with one attached hydrogen (secondary N) is 1. The monoisotopic (exact) mass is 281 g/mol. The van der Waals surface area contributed by atoms with Gasteiger partial charge in [0.15, 0.2) is 0 Å². The first-order chi connectivity index (χ1) is 10.2. The van der Waals surface area contributed by atoms with E-state index in [1.54, 1.807) is 6.20 Å². The summed E-state index contributed by atoms with van der Waals surface area (Å²) in [5.41, 5.74) is 9.75. The van der Waals surface area contributed by atoms with Gasteiger partial charge in [0.25, 0.3) is 0 Å². The van der Waals surface area contributed by atoms with Gasteiger partial charge >= 0.3 is 0 Å². The van der Waals surface area contributed by atoms with Crippen LogP contribution in [0.1, 0.15) is 41.2 Å². The molecule has 1 aromatic carbocycles. The summed E-state index contributed by atoms with van der Waals surface area (Å²) in [5.74, 6) is 0.462. The Bertz CT molecular complexity index is 681. The van der Waals surface area contributed by atoms with Gasteiger partial charge in [-0.3, -0.25) is 5.41 Å². The van der Waals surface area contributed by atoms with Crippen molar-refractivity contribution in [1.29, 1.82) is 5.41 Å². The molecule has 4 heteroatoms. The molecule has 0 aliphatic heterocycles. The van der Waals surface area contributed by atoms with Gasteiger partial charge in [-0.05, 0) is 48.9 Å². The van der Waals surface area contributed by atoms with Crippen molar-refractivity contribution in [2.45, 2.75) is 32.3 Å². The predicted molar refractivity (Wildman–Crippen MR) is 82.7 cm³/mol. The Kier molecular flexibility index (Phi) is 3.60. The highest BCUT2D eigenvalue weighted by Crippen LogP contribution is 2.34. The Labute approximate surface area is 124 Å². The molecular weight excluding hydrogens is 262 g/mol. The number of benzene rings is 1. The van der Waals surface area contributed by atoms with Crippen LogP contribution in [0.5, 0.6) is 5.88 Å². The number of nitrogens with two attached hydrogens (primary N) is 1. The minimum atomic E-state index is -0.0117. The maximum atomic E-state index is 7.74. The Hall–Kier alpha value is -2.36. The molecule has 0 radical (unpaired) electrons. The number of nitrogen functional groups attached to an aromatic ring is 1. The summed E-state index contributed by atoms with van der Waals surface area (Å²) >= 11 is 0. The van der Waals surface area contributed by atoms with E-state index < -0.39 is 0 Å². The molecule has 1 atom stereocenters. The molecule has 1 unspecified atom stereocenters. The van der Waals surface area contributed by atoms with Gasteiger partial charge in [-0.1, -0.05) is 24.3 Å². The minimum absolute atomic E-state index is 0.000283. The van der Waals surface area contributed by atoms with Crippen LogP contribution in [0.2, 0.25) is 0 Å². The Morgan fingerprint density at radius 2 is 2.14 bits per heavy atom. The zero-order valence-electron chi connectivity index (χ0n) is 12.1. The Morgan fingerprint density at radius 3 is 2.95 bits per heavy atom. The molecule has 0 bridgehead atoms. The lowest BCUT2D eigenvalue weighted by Crippen LogP contribution is -2.20. The lowest BCUT2D eigenvalue weighted by molar-refractivity contribution is 0.175. The highest BCUT2D eigenvalue weighted by atomic mass is 16.5. The first kappa shape index (κ1) is 13.6. The van der Waals surface area contributed by atoms with E-state index in [0.717, 1.165) is 24.8 Å². The Morgan fingerprint density at radius 1 is 1.33 bits per heavy atom. The molecule has 1 heterocycles. The van der Waals surface area contributed by atoms with E-state index in [4.69, 9.17) is 15.9 Å². The highest BCUT2D eigenvalue weighted by Gasteiger charge is 2.23. The van der Waals surface area contributed by atoms with Crippen LogP contribution in [-0.2, 0) is 6.42 Å². The SMILES string of the molecule is Cc1ccnc(OC2CCCc3ccccc32)c1C(=N)N. The third kappa shape index (κ3) is 2.61. The van der Waals surface area contributed by atoms with Gasteiger partial charge in [-0.15, -0.1) is 0 Å². The number of aromatic nitrogens is 1. The average molecular weight is 281 g/mol. The number of hydrogen-bond donors (Lipinski definition) is 2. The number of ether oxygens (including phenoxy) is 1. The third-order valence-electron chi connectivity index (χ3n) is 3.96. The van der Waals surface area contributed by atoms with Gasteiger partial charge in [0, 0.05) is 6.20 Å². The van der Waals surface area contributed by atoms with Crippen LogP contribution in [0, 0.1) is 12.3 Å². The van der Waals surface area contributed by atoms with Crippen molar-refractivity contribution in [3.05, 3.63) is 58.8 Å². The van der Waals surface area contributed by atoms with Crippen molar-refractivity contribution in [2.75, 3.05) is 0 Å². The fourth-order valence-corrected chi connectivity index (χ4v) is 2.92. The molecule has 1 aliphatic carbocycles. The summed E-state index contributed by atoms with van der Waals surface area (Å²) in [5, 5.41) is 7.74. The summed E-state index contributed by atoms with van der Waals surface area (Å²) < 4.78 is 6.12. The van der Waals surface area contributed by atoms with E-state index in [9.17, 15) is 0 Å². The van der Waals surface area contributed by atoms with Gasteiger partial charge < -0.3 is 10.5 Å². The zero-order chi connectivity index (χ0) is 14.8. The molecule has 0 saturated carbocycles. The molecule has 108 valence electrons. The van der Waals surface area contributed by atoms with Crippen LogP contribution < -0.4 is 10.5 Å². The summed E-state index contributed by atoms with van der Waals surface area (Å²) in [4.78, 5) is 4.28. The molecule has 0 amide bonds. The first-order valence-corrected chi connectivity index (χ1v) is 7.21. The quantitative estimate of drug-likeness (QED) is 0.670. The van der Waals surface area contributed by atoms with E-state index in [0.29, 0.717) is 11.4 Å². The van der Waals surface area contributed by atoms with Crippen molar-refractivity contribution in [3.8, 4) is 5.88 Å². The topological polar surface area (TPSA) is 72.0 Å². The van der Waals surface area contributed by atoms with Crippen LogP contribution in [-0.4, -0.2) is 10.8 Å². The van der Waals surface area contributed by atoms with Crippen molar-refractivity contribution < 1.29 is 4.74 Å². The second-order valence-electron chi connectivity index (χ2n) is 5.42. The molecule has 4 nitrogen and oxygen atoms in total. The minimum Gasteiger partial charge on any atom is -0.469 e. The second kappa shape index (κ2) is 5.56. The van der Waals surface area contributed by atoms with Crippen molar-refractivity contribution >= 4 is 5.84 Å². The fourth-order valence-electron chi connectivity index (χ4n) is 2.92. The molecular formula is C17H19N3O. The van der Waals surface area contributed by atoms with Gasteiger partial charge in [0.05, 0.1) is 5.56 Å². The molecule has 0 fully saturated rings. The van der Waals surface area contributed by atoms with E-state index in [1.807, 2.05) is 19.1 Å². The van der Waals surface area contributed by atoms with Crippen molar-refractivity contribution in [1.82, 2.24) is 4.98 Å². The number of nitrogens with zero attached hydrogens (tertiary/aromatic N) is 1. The molecule has 21 heavy (non-hydrogen) atoms. The molecule has 0 spiro atoms. The largest absolute Gasteiger partial charge is 0.469 e. The van der Waals surface area contributed by atoms with Crippen LogP contribution in [0.15, 0.2) is 36.5 Å². The van der Waals surface area contributed by atoms with Crippen molar-refractivity contribution in [2.24, 2.45) is 5.73 Å².